The van der Waals surface area contributed by atoms with Crippen LogP contribution in [-0.2, 0) is 19.0 Å². The fraction of sp³-hybridized carbons (Fsp3) is 0.333. The van der Waals surface area contributed by atoms with Crippen LogP contribution in [0, 0.1) is 0 Å². The number of aryl methyl sites for hydroxylation is 1. The molecular weight excluding hydrogens is 337 g/mol. The van der Waals surface area contributed by atoms with Gasteiger partial charge in [-0.25, -0.2) is 0 Å². The fourth-order valence-electron chi connectivity index (χ4n) is 3.87. The molecular formula is C21H21F3N2. The number of aromatic nitrogens is 1. The van der Waals surface area contributed by atoms with Crippen molar-refractivity contribution in [3.05, 3.63) is 70.9 Å². The van der Waals surface area contributed by atoms with E-state index < -0.39 is 11.7 Å². The summed E-state index contributed by atoms with van der Waals surface area (Å²) >= 11 is 0. The maximum atomic E-state index is 12.6. The van der Waals surface area contributed by atoms with Gasteiger partial charge >= 0.3 is 6.18 Å². The number of H-pyrrole nitrogens is 1. The summed E-state index contributed by atoms with van der Waals surface area (Å²) in [6.45, 7) is 0.741. The van der Waals surface area contributed by atoms with E-state index in [1.54, 1.807) is 12.1 Å². The van der Waals surface area contributed by atoms with Crippen molar-refractivity contribution in [2.24, 2.45) is 0 Å². The van der Waals surface area contributed by atoms with Crippen molar-refractivity contribution >= 4 is 10.9 Å². The van der Waals surface area contributed by atoms with E-state index >= 15 is 0 Å². The van der Waals surface area contributed by atoms with Gasteiger partial charge in [-0.1, -0.05) is 30.3 Å². The highest BCUT2D eigenvalue weighted by molar-refractivity contribution is 5.85. The van der Waals surface area contributed by atoms with Gasteiger partial charge in [-0.05, 0) is 61.6 Å². The second kappa shape index (κ2) is 6.80. The van der Waals surface area contributed by atoms with E-state index in [0.29, 0.717) is 6.42 Å². The molecule has 2 N–H and O–H groups in total. The van der Waals surface area contributed by atoms with Crippen molar-refractivity contribution < 1.29 is 13.2 Å². The van der Waals surface area contributed by atoms with Gasteiger partial charge in [0.15, 0.2) is 0 Å². The number of rotatable bonds is 4. The Morgan fingerprint density at radius 1 is 1.04 bits per heavy atom. The Morgan fingerprint density at radius 3 is 2.58 bits per heavy atom. The van der Waals surface area contributed by atoms with E-state index in [1.807, 2.05) is 6.07 Å². The Labute approximate surface area is 150 Å². The minimum atomic E-state index is -4.27. The third-order valence-corrected chi connectivity index (χ3v) is 5.20. The number of para-hydroxylation sites is 1. The molecule has 4 rings (SSSR count). The van der Waals surface area contributed by atoms with Gasteiger partial charge in [0.25, 0.3) is 0 Å². The van der Waals surface area contributed by atoms with Crippen molar-refractivity contribution in [2.45, 2.75) is 37.9 Å². The summed E-state index contributed by atoms with van der Waals surface area (Å²) in [6, 6.07) is 14.1. The number of halogens is 3. The number of benzene rings is 2. The van der Waals surface area contributed by atoms with Gasteiger partial charge in [0.05, 0.1) is 5.56 Å². The molecule has 1 heterocycles. The van der Waals surface area contributed by atoms with Crippen LogP contribution in [-0.4, -0.2) is 11.5 Å². The summed E-state index contributed by atoms with van der Waals surface area (Å²) in [7, 11) is 0. The van der Waals surface area contributed by atoms with Crippen molar-refractivity contribution in [3.63, 3.8) is 0 Å². The number of alkyl halides is 3. The lowest BCUT2D eigenvalue weighted by molar-refractivity contribution is -0.137. The number of fused-ring (bicyclic) bond motifs is 3. The van der Waals surface area contributed by atoms with Crippen molar-refractivity contribution in [2.75, 3.05) is 6.54 Å². The van der Waals surface area contributed by atoms with Gasteiger partial charge < -0.3 is 10.3 Å². The SMILES string of the molecule is FC(F)(F)c1ccc(CCN[C@H]2CCCc3c2[nH]c2ccccc32)cc1. The minimum absolute atomic E-state index is 0.278. The topological polar surface area (TPSA) is 27.8 Å². The summed E-state index contributed by atoms with van der Waals surface area (Å²) < 4.78 is 37.9. The Bertz CT molecular complexity index is 894. The first-order valence-electron chi connectivity index (χ1n) is 9.01. The van der Waals surface area contributed by atoms with E-state index in [1.165, 1.54) is 22.2 Å². The van der Waals surface area contributed by atoms with Gasteiger partial charge in [-0.3, -0.25) is 0 Å². The molecule has 5 heteroatoms. The maximum absolute atomic E-state index is 12.6. The lowest BCUT2D eigenvalue weighted by atomic mass is 9.91. The molecule has 3 aromatic rings. The molecule has 0 saturated carbocycles. The standard InChI is InChI=1S/C21H21F3N2/c22-21(23,24)15-10-8-14(9-11-15)12-13-25-19-7-3-5-17-16-4-1-2-6-18(16)26-20(17)19/h1-2,4,6,8-11,19,25-26H,3,5,7,12-13H2/t19-/m0/s1. The van der Waals surface area contributed by atoms with Crippen molar-refractivity contribution in [3.8, 4) is 0 Å². The highest BCUT2D eigenvalue weighted by Crippen LogP contribution is 2.34. The monoisotopic (exact) mass is 358 g/mol. The van der Waals surface area contributed by atoms with Gasteiger partial charge in [-0.2, -0.15) is 13.2 Å². The minimum Gasteiger partial charge on any atom is -0.357 e. The van der Waals surface area contributed by atoms with Gasteiger partial charge in [0.1, 0.15) is 0 Å². The highest BCUT2D eigenvalue weighted by atomic mass is 19.4. The molecule has 0 radical (unpaired) electrons. The lowest BCUT2D eigenvalue weighted by Crippen LogP contribution is -2.27. The van der Waals surface area contributed by atoms with Crippen LogP contribution in [0.1, 0.15) is 41.3 Å². The molecule has 26 heavy (non-hydrogen) atoms. The zero-order valence-electron chi connectivity index (χ0n) is 14.4. The van der Waals surface area contributed by atoms with Crippen LogP contribution in [0.15, 0.2) is 48.5 Å². The molecule has 0 unspecified atom stereocenters. The number of aromatic amines is 1. The van der Waals surface area contributed by atoms with E-state index in [2.05, 4.69) is 28.5 Å². The number of hydrogen-bond acceptors (Lipinski definition) is 1. The zero-order chi connectivity index (χ0) is 18.1. The van der Waals surface area contributed by atoms with E-state index in [4.69, 9.17) is 0 Å². The predicted molar refractivity (Wildman–Crippen MR) is 97.1 cm³/mol. The normalized spacial score (nSPS) is 17.4. The van der Waals surface area contributed by atoms with Crippen LogP contribution in [0.4, 0.5) is 13.2 Å². The van der Waals surface area contributed by atoms with Crippen LogP contribution >= 0.6 is 0 Å². The molecule has 0 saturated heterocycles. The number of nitrogens with one attached hydrogen (secondary N) is 2. The number of hydrogen-bond donors (Lipinski definition) is 2. The van der Waals surface area contributed by atoms with E-state index in [-0.39, 0.29) is 6.04 Å². The summed E-state index contributed by atoms with van der Waals surface area (Å²) in [5.74, 6) is 0. The summed E-state index contributed by atoms with van der Waals surface area (Å²) in [6.07, 6.45) is -0.245. The van der Waals surface area contributed by atoms with Crippen LogP contribution < -0.4 is 5.32 Å². The Kier molecular flexibility index (Phi) is 4.49. The van der Waals surface area contributed by atoms with Crippen LogP contribution in [0.2, 0.25) is 0 Å². The van der Waals surface area contributed by atoms with E-state index in [0.717, 1.165) is 43.5 Å². The molecule has 0 aliphatic heterocycles. The second-order valence-electron chi connectivity index (χ2n) is 6.91. The molecule has 1 aliphatic rings. The first-order valence-corrected chi connectivity index (χ1v) is 9.01. The molecule has 0 bridgehead atoms. The van der Waals surface area contributed by atoms with Crippen LogP contribution in [0.3, 0.4) is 0 Å². The first kappa shape index (κ1) is 17.2. The average Bonchev–Trinajstić information content (AvgIpc) is 3.01. The second-order valence-corrected chi connectivity index (χ2v) is 6.91. The third-order valence-electron chi connectivity index (χ3n) is 5.20. The van der Waals surface area contributed by atoms with E-state index in [9.17, 15) is 13.2 Å². The predicted octanol–water partition coefficient (Wildman–Crippen LogP) is 5.40. The zero-order valence-corrected chi connectivity index (χ0v) is 14.4. The maximum Gasteiger partial charge on any atom is 0.416 e. The van der Waals surface area contributed by atoms with Gasteiger partial charge in [0, 0.05) is 22.6 Å². The summed E-state index contributed by atoms with van der Waals surface area (Å²) in [5.41, 5.74) is 4.17. The van der Waals surface area contributed by atoms with Crippen molar-refractivity contribution in [1.29, 1.82) is 0 Å². The average molecular weight is 358 g/mol. The Morgan fingerprint density at radius 2 is 1.81 bits per heavy atom. The molecule has 0 spiro atoms. The molecule has 2 nitrogen and oxygen atoms in total. The summed E-state index contributed by atoms with van der Waals surface area (Å²) in [4.78, 5) is 3.55. The molecule has 1 aromatic heterocycles. The molecule has 2 aromatic carbocycles. The van der Waals surface area contributed by atoms with Gasteiger partial charge in [-0.15, -0.1) is 0 Å². The first-order chi connectivity index (χ1) is 12.5. The van der Waals surface area contributed by atoms with Gasteiger partial charge in [0.2, 0.25) is 0 Å². The Balaban J connectivity index is 1.42. The summed E-state index contributed by atoms with van der Waals surface area (Å²) in [5, 5.41) is 4.88. The molecule has 136 valence electrons. The Hall–Kier alpha value is -2.27. The molecule has 0 amide bonds. The molecule has 1 atom stereocenters. The molecule has 1 aliphatic carbocycles. The van der Waals surface area contributed by atoms with Crippen molar-refractivity contribution in [1.82, 2.24) is 10.3 Å². The lowest BCUT2D eigenvalue weighted by Gasteiger charge is -2.24. The van der Waals surface area contributed by atoms with Crippen LogP contribution in [0.25, 0.3) is 10.9 Å². The quantitative estimate of drug-likeness (QED) is 0.642. The fourth-order valence-corrected chi connectivity index (χ4v) is 3.87. The third kappa shape index (κ3) is 3.36. The highest BCUT2D eigenvalue weighted by Gasteiger charge is 2.30. The smallest absolute Gasteiger partial charge is 0.357 e. The van der Waals surface area contributed by atoms with Crippen LogP contribution in [0.5, 0.6) is 0 Å². The molecule has 0 fully saturated rings. The largest absolute Gasteiger partial charge is 0.416 e.